The molecule has 10 heteroatoms. The zero-order valence-electron chi connectivity index (χ0n) is 9.81. The first-order chi connectivity index (χ1) is 9.20. The van der Waals surface area contributed by atoms with Crippen LogP contribution >= 0.6 is 0 Å². The van der Waals surface area contributed by atoms with Crippen LogP contribution in [0.15, 0.2) is 12.5 Å². The molecule has 0 aliphatic heterocycles. The van der Waals surface area contributed by atoms with Crippen molar-refractivity contribution in [2.24, 2.45) is 11.5 Å². The van der Waals surface area contributed by atoms with E-state index in [1.54, 1.807) is 0 Å². The summed E-state index contributed by atoms with van der Waals surface area (Å²) < 4.78 is 38.5. The van der Waals surface area contributed by atoms with Gasteiger partial charge in [0, 0.05) is 6.20 Å². The summed E-state index contributed by atoms with van der Waals surface area (Å²) >= 11 is 0. The Bertz CT molecular complexity index is 707. The summed E-state index contributed by atoms with van der Waals surface area (Å²) in [6.07, 6.45) is -3.96. The smallest absolute Gasteiger partial charge is 0.365 e. The minimum absolute atomic E-state index is 0.194. The van der Waals surface area contributed by atoms with E-state index in [4.69, 9.17) is 11.5 Å². The molecule has 0 aliphatic rings. The highest BCUT2D eigenvalue weighted by Gasteiger charge is 2.33. The van der Waals surface area contributed by atoms with Crippen LogP contribution in [0.25, 0.3) is 5.65 Å². The minimum Gasteiger partial charge on any atom is -0.365 e. The van der Waals surface area contributed by atoms with Gasteiger partial charge in [-0.1, -0.05) is 0 Å². The van der Waals surface area contributed by atoms with Crippen LogP contribution < -0.4 is 11.5 Å². The molecule has 2 amide bonds. The van der Waals surface area contributed by atoms with Crippen molar-refractivity contribution in [1.29, 1.82) is 0 Å². The van der Waals surface area contributed by atoms with Gasteiger partial charge in [0.15, 0.2) is 11.3 Å². The molecule has 0 radical (unpaired) electrons. The summed E-state index contributed by atoms with van der Waals surface area (Å²) in [7, 11) is 0. The van der Waals surface area contributed by atoms with E-state index in [2.05, 4.69) is 9.97 Å². The monoisotopic (exact) mass is 287 g/mol. The van der Waals surface area contributed by atoms with Gasteiger partial charge < -0.3 is 11.5 Å². The molecule has 7 nitrogen and oxygen atoms in total. The van der Waals surface area contributed by atoms with E-state index < -0.39 is 35.8 Å². The zero-order chi connectivity index (χ0) is 15.1. The lowest BCUT2D eigenvalue weighted by molar-refractivity contribution is -0.128. The number of carbonyl (C=O) groups excluding carboxylic acids is 2. The van der Waals surface area contributed by atoms with Gasteiger partial charge in [0.2, 0.25) is 0 Å². The molecule has 0 unspecified atom stereocenters. The molecule has 0 saturated heterocycles. The van der Waals surface area contributed by atoms with Gasteiger partial charge in [0.05, 0.1) is 12.1 Å². The molecule has 0 saturated carbocycles. The number of primary amides is 2. The van der Waals surface area contributed by atoms with Gasteiger partial charge in [-0.3, -0.25) is 14.0 Å². The first-order valence-corrected chi connectivity index (χ1v) is 5.22. The van der Waals surface area contributed by atoms with Gasteiger partial charge >= 0.3 is 6.18 Å². The van der Waals surface area contributed by atoms with Crippen LogP contribution in [0.1, 0.15) is 26.5 Å². The molecule has 2 aromatic heterocycles. The van der Waals surface area contributed by atoms with Gasteiger partial charge in [-0.15, -0.1) is 0 Å². The van der Waals surface area contributed by atoms with Crippen molar-refractivity contribution in [2.45, 2.75) is 12.6 Å². The Hall–Kier alpha value is -2.65. The lowest BCUT2D eigenvalue weighted by atomic mass is 10.2. The number of rotatable bonds is 3. The lowest BCUT2D eigenvalue weighted by Gasteiger charge is -2.07. The second-order valence-corrected chi connectivity index (χ2v) is 3.93. The predicted octanol–water partition coefficient (Wildman–Crippen LogP) is 0.0319. The average Bonchev–Trinajstić information content (AvgIpc) is 2.65. The van der Waals surface area contributed by atoms with E-state index in [-0.39, 0.29) is 11.2 Å². The summed E-state index contributed by atoms with van der Waals surface area (Å²) in [5.41, 5.74) is 8.62. The van der Waals surface area contributed by atoms with Gasteiger partial charge in [0.1, 0.15) is 11.9 Å². The van der Waals surface area contributed by atoms with Crippen molar-refractivity contribution in [3.63, 3.8) is 0 Å². The van der Waals surface area contributed by atoms with Crippen molar-refractivity contribution >= 4 is 17.5 Å². The van der Waals surface area contributed by atoms with E-state index in [1.165, 1.54) is 0 Å². The number of alkyl halides is 3. The van der Waals surface area contributed by atoms with Crippen molar-refractivity contribution in [3.8, 4) is 0 Å². The maximum Gasteiger partial charge on any atom is 0.394 e. The average molecular weight is 287 g/mol. The van der Waals surface area contributed by atoms with Crippen molar-refractivity contribution < 1.29 is 22.8 Å². The molecule has 0 aliphatic carbocycles. The van der Waals surface area contributed by atoms with Crippen molar-refractivity contribution in [2.75, 3.05) is 0 Å². The van der Waals surface area contributed by atoms with E-state index in [9.17, 15) is 22.8 Å². The molecule has 106 valence electrons. The predicted molar refractivity (Wildman–Crippen MR) is 59.8 cm³/mol. The largest absolute Gasteiger partial charge is 0.394 e. The number of nitrogens with zero attached hydrogens (tertiary/aromatic N) is 3. The maximum absolute atomic E-state index is 12.5. The number of aromatic nitrogens is 3. The second-order valence-electron chi connectivity index (χ2n) is 3.93. The minimum atomic E-state index is -4.58. The molecule has 0 atom stereocenters. The fourth-order valence-electron chi connectivity index (χ4n) is 1.74. The number of hydrogen-bond acceptors (Lipinski definition) is 4. The highest BCUT2D eigenvalue weighted by atomic mass is 19.4. The molecule has 0 spiro atoms. The molecule has 2 heterocycles. The fraction of sp³-hybridized carbons (Fsp3) is 0.200. The van der Waals surface area contributed by atoms with Crippen LogP contribution in [0.2, 0.25) is 0 Å². The third-order valence-corrected chi connectivity index (χ3v) is 2.50. The van der Waals surface area contributed by atoms with Crippen LogP contribution in [0.4, 0.5) is 13.2 Å². The Balaban J connectivity index is 2.77. The quantitative estimate of drug-likeness (QED) is 0.828. The third kappa shape index (κ3) is 2.39. The molecule has 2 rings (SSSR count). The first-order valence-electron chi connectivity index (χ1n) is 5.22. The van der Waals surface area contributed by atoms with Crippen LogP contribution in [-0.2, 0) is 6.42 Å². The Morgan fingerprint density at radius 1 is 1.25 bits per heavy atom. The van der Waals surface area contributed by atoms with E-state index in [0.717, 1.165) is 16.9 Å². The number of halogens is 3. The summed E-state index contributed by atoms with van der Waals surface area (Å²) in [6.45, 7) is 0. The van der Waals surface area contributed by atoms with E-state index in [1.807, 2.05) is 0 Å². The summed E-state index contributed by atoms with van der Waals surface area (Å²) in [4.78, 5) is 29.6. The number of nitrogens with two attached hydrogens (primary N) is 2. The van der Waals surface area contributed by atoms with Gasteiger partial charge in [-0.25, -0.2) is 9.97 Å². The zero-order valence-corrected chi connectivity index (χ0v) is 9.81. The molecule has 20 heavy (non-hydrogen) atoms. The molecule has 2 aromatic rings. The Labute approximate surface area is 109 Å². The summed E-state index contributed by atoms with van der Waals surface area (Å²) in [5, 5.41) is 0. The molecule has 4 N–H and O–H groups in total. The number of carbonyl (C=O) groups is 2. The normalized spacial score (nSPS) is 11.8. The van der Waals surface area contributed by atoms with Gasteiger partial charge in [-0.05, 0) is 0 Å². The van der Waals surface area contributed by atoms with Gasteiger partial charge in [-0.2, -0.15) is 13.2 Å². The van der Waals surface area contributed by atoms with Crippen molar-refractivity contribution in [1.82, 2.24) is 14.4 Å². The molecular formula is C10H8F3N5O2. The topological polar surface area (TPSA) is 116 Å². The lowest BCUT2D eigenvalue weighted by Crippen LogP contribution is -2.19. The third-order valence-electron chi connectivity index (χ3n) is 2.50. The highest BCUT2D eigenvalue weighted by molar-refractivity contribution is 6.00. The standard InChI is InChI=1S/C10H8F3N5O2/c11-10(12,13)1-5-6(8(15)20)17-9-4(7(14)19)2-16-3-18(5)9/h2-3H,1H2,(H2,14,19)(H2,15,20). The number of hydrogen-bond donors (Lipinski definition) is 2. The van der Waals surface area contributed by atoms with Crippen molar-refractivity contribution in [3.05, 3.63) is 29.5 Å². The first kappa shape index (κ1) is 13.8. The Morgan fingerprint density at radius 3 is 2.40 bits per heavy atom. The second kappa shape index (κ2) is 4.47. The fourth-order valence-corrected chi connectivity index (χ4v) is 1.74. The maximum atomic E-state index is 12.5. The number of imidazole rings is 1. The number of amides is 2. The van der Waals surface area contributed by atoms with E-state index in [0.29, 0.717) is 0 Å². The molecule has 0 fully saturated rings. The van der Waals surface area contributed by atoms with Crippen LogP contribution in [0, 0.1) is 0 Å². The molecule has 0 bridgehead atoms. The van der Waals surface area contributed by atoms with Crippen LogP contribution in [0.3, 0.4) is 0 Å². The number of fused-ring (bicyclic) bond motifs is 1. The Kier molecular flexibility index (Phi) is 3.08. The Morgan fingerprint density at radius 2 is 1.90 bits per heavy atom. The van der Waals surface area contributed by atoms with Gasteiger partial charge in [0.25, 0.3) is 11.8 Å². The van der Waals surface area contributed by atoms with E-state index >= 15 is 0 Å². The summed E-state index contributed by atoms with van der Waals surface area (Å²) in [5.74, 6) is -2.06. The summed E-state index contributed by atoms with van der Waals surface area (Å²) in [6, 6.07) is 0. The highest BCUT2D eigenvalue weighted by Crippen LogP contribution is 2.25. The molecule has 0 aromatic carbocycles. The SMILES string of the molecule is NC(=O)c1nc2c(C(N)=O)cncn2c1CC(F)(F)F. The van der Waals surface area contributed by atoms with Crippen LogP contribution in [0.5, 0.6) is 0 Å². The molecular weight excluding hydrogens is 279 g/mol. The van der Waals surface area contributed by atoms with Crippen LogP contribution in [-0.4, -0.2) is 32.4 Å².